The molecular formula is C23H29N3O5. The van der Waals surface area contributed by atoms with Crippen LogP contribution in [-0.4, -0.2) is 47.8 Å². The number of hydrogen-bond donors (Lipinski definition) is 2. The molecule has 1 aromatic carbocycles. The summed E-state index contributed by atoms with van der Waals surface area (Å²) in [7, 11) is 0. The Labute approximate surface area is 181 Å². The van der Waals surface area contributed by atoms with Gasteiger partial charge in [-0.25, -0.2) is 5.01 Å². The van der Waals surface area contributed by atoms with Crippen LogP contribution >= 0.6 is 0 Å². The quantitative estimate of drug-likeness (QED) is 0.697. The van der Waals surface area contributed by atoms with Gasteiger partial charge in [-0.1, -0.05) is 37.5 Å². The SMILES string of the molecule is O=C1NN(C(=O)C(=O)C(NC(=O)C2CCCCC2)C2CCOCC2)Cc2ccccc21. The summed E-state index contributed by atoms with van der Waals surface area (Å²) >= 11 is 0. The number of rotatable bonds is 5. The first kappa shape index (κ1) is 21.5. The maximum absolute atomic E-state index is 13.3. The van der Waals surface area contributed by atoms with E-state index in [0.29, 0.717) is 37.2 Å². The van der Waals surface area contributed by atoms with Gasteiger partial charge in [-0.3, -0.25) is 24.6 Å². The standard InChI is InChI=1S/C23H29N3O5/c27-20(23(30)26-14-17-8-4-5-9-18(17)22(29)25-26)19(15-10-12-31-13-11-15)24-21(28)16-6-2-1-3-7-16/h4-5,8-9,15-16,19H,1-3,6-7,10-14H2,(H,24,28)(H,25,29). The first-order chi connectivity index (χ1) is 15.0. The van der Waals surface area contributed by atoms with Crippen molar-refractivity contribution in [3.05, 3.63) is 35.4 Å². The minimum atomic E-state index is -0.903. The third kappa shape index (κ3) is 4.79. The van der Waals surface area contributed by atoms with E-state index in [9.17, 15) is 19.2 Å². The molecule has 1 atom stereocenters. The van der Waals surface area contributed by atoms with Gasteiger partial charge in [0, 0.05) is 24.7 Å². The van der Waals surface area contributed by atoms with Crippen molar-refractivity contribution < 1.29 is 23.9 Å². The Morgan fingerprint density at radius 2 is 1.74 bits per heavy atom. The summed E-state index contributed by atoms with van der Waals surface area (Å²) in [5.74, 6) is -2.33. The maximum Gasteiger partial charge on any atom is 0.310 e. The molecule has 1 saturated heterocycles. The van der Waals surface area contributed by atoms with E-state index >= 15 is 0 Å². The maximum atomic E-state index is 13.3. The van der Waals surface area contributed by atoms with Crippen LogP contribution in [0.2, 0.25) is 0 Å². The van der Waals surface area contributed by atoms with Gasteiger partial charge in [0.05, 0.1) is 6.54 Å². The van der Waals surface area contributed by atoms with Crippen LogP contribution in [0.4, 0.5) is 0 Å². The van der Waals surface area contributed by atoms with Gasteiger partial charge in [-0.05, 0) is 43.2 Å². The molecule has 0 radical (unpaired) electrons. The molecule has 2 fully saturated rings. The number of nitrogens with zero attached hydrogens (tertiary/aromatic N) is 1. The second-order valence-electron chi connectivity index (χ2n) is 8.62. The van der Waals surface area contributed by atoms with Crippen molar-refractivity contribution >= 4 is 23.5 Å². The highest BCUT2D eigenvalue weighted by Gasteiger charge is 2.39. The summed E-state index contributed by atoms with van der Waals surface area (Å²) in [5, 5.41) is 3.96. The van der Waals surface area contributed by atoms with Gasteiger partial charge in [0.15, 0.2) is 0 Å². The molecule has 0 bridgehead atoms. The molecule has 4 rings (SSSR count). The van der Waals surface area contributed by atoms with Crippen LogP contribution < -0.4 is 10.7 Å². The zero-order valence-corrected chi connectivity index (χ0v) is 17.6. The van der Waals surface area contributed by atoms with Gasteiger partial charge in [-0.2, -0.15) is 0 Å². The van der Waals surface area contributed by atoms with Crippen LogP contribution in [0.25, 0.3) is 0 Å². The molecule has 1 unspecified atom stereocenters. The normalized spacial score (nSPS) is 21.0. The number of fused-ring (bicyclic) bond motifs is 1. The zero-order chi connectivity index (χ0) is 21.8. The summed E-state index contributed by atoms with van der Waals surface area (Å²) in [6, 6.07) is 6.09. The second kappa shape index (κ2) is 9.60. The van der Waals surface area contributed by atoms with Crippen LogP contribution in [0.5, 0.6) is 0 Å². The number of nitrogens with one attached hydrogen (secondary N) is 2. The Hall–Kier alpha value is -2.74. The number of hydrogen-bond acceptors (Lipinski definition) is 5. The van der Waals surface area contributed by atoms with E-state index in [4.69, 9.17) is 4.74 Å². The topological polar surface area (TPSA) is 105 Å². The minimum absolute atomic E-state index is 0.111. The molecule has 31 heavy (non-hydrogen) atoms. The molecule has 1 saturated carbocycles. The van der Waals surface area contributed by atoms with E-state index in [-0.39, 0.29) is 24.3 Å². The molecule has 1 aromatic rings. The van der Waals surface area contributed by atoms with Gasteiger partial charge >= 0.3 is 5.91 Å². The van der Waals surface area contributed by atoms with Crippen molar-refractivity contribution in [1.82, 2.24) is 15.8 Å². The van der Waals surface area contributed by atoms with E-state index in [1.807, 2.05) is 0 Å². The number of benzene rings is 1. The number of ketones is 1. The summed E-state index contributed by atoms with van der Waals surface area (Å²) < 4.78 is 5.40. The highest BCUT2D eigenvalue weighted by molar-refractivity contribution is 6.38. The fourth-order valence-electron chi connectivity index (χ4n) is 4.74. The highest BCUT2D eigenvalue weighted by atomic mass is 16.5. The van der Waals surface area contributed by atoms with Crippen LogP contribution in [0.15, 0.2) is 24.3 Å². The Morgan fingerprint density at radius 1 is 1.03 bits per heavy atom. The van der Waals surface area contributed by atoms with E-state index in [0.717, 1.165) is 37.1 Å². The predicted octanol–water partition coefficient (Wildman–Crippen LogP) is 1.73. The van der Waals surface area contributed by atoms with E-state index in [2.05, 4.69) is 10.7 Å². The largest absolute Gasteiger partial charge is 0.381 e. The smallest absolute Gasteiger partial charge is 0.310 e. The van der Waals surface area contributed by atoms with Crippen molar-refractivity contribution in [1.29, 1.82) is 0 Å². The Bertz CT molecular complexity index is 859. The second-order valence-corrected chi connectivity index (χ2v) is 8.62. The van der Waals surface area contributed by atoms with Crippen LogP contribution in [-0.2, 0) is 25.7 Å². The van der Waals surface area contributed by atoms with Gasteiger partial charge in [0.2, 0.25) is 11.7 Å². The lowest BCUT2D eigenvalue weighted by molar-refractivity contribution is -0.150. The fraction of sp³-hybridized carbons (Fsp3) is 0.565. The average molecular weight is 428 g/mol. The van der Waals surface area contributed by atoms with E-state index in [1.165, 1.54) is 0 Å². The molecule has 0 aromatic heterocycles. The first-order valence-corrected chi connectivity index (χ1v) is 11.2. The van der Waals surface area contributed by atoms with E-state index < -0.39 is 23.6 Å². The molecule has 3 amide bonds. The molecule has 1 aliphatic carbocycles. The number of Topliss-reactive ketones (excluding diaryl/α,β-unsaturated/α-hetero) is 1. The van der Waals surface area contributed by atoms with Crippen molar-refractivity contribution in [2.24, 2.45) is 11.8 Å². The number of amides is 3. The Kier molecular flexibility index (Phi) is 6.65. The molecule has 166 valence electrons. The fourth-order valence-corrected chi connectivity index (χ4v) is 4.74. The van der Waals surface area contributed by atoms with Crippen molar-refractivity contribution in [3.8, 4) is 0 Å². The molecule has 2 heterocycles. The number of carbonyl (C=O) groups is 4. The number of carbonyl (C=O) groups excluding carboxylic acids is 4. The third-order valence-corrected chi connectivity index (χ3v) is 6.58. The van der Waals surface area contributed by atoms with Gasteiger partial charge in [0.1, 0.15) is 6.04 Å². The lowest BCUT2D eigenvalue weighted by Crippen LogP contribution is -2.58. The molecule has 3 aliphatic rings. The summed E-state index contributed by atoms with van der Waals surface area (Å²) in [6.07, 6.45) is 5.97. The van der Waals surface area contributed by atoms with Crippen LogP contribution in [0, 0.1) is 11.8 Å². The molecular weight excluding hydrogens is 398 g/mol. The number of hydrazine groups is 1. The number of ether oxygens (including phenoxy) is 1. The Morgan fingerprint density at radius 3 is 2.48 bits per heavy atom. The van der Waals surface area contributed by atoms with Crippen LogP contribution in [0.3, 0.4) is 0 Å². The monoisotopic (exact) mass is 427 g/mol. The van der Waals surface area contributed by atoms with Gasteiger partial charge in [-0.15, -0.1) is 0 Å². The molecule has 0 spiro atoms. The lowest BCUT2D eigenvalue weighted by atomic mass is 9.85. The molecule has 2 N–H and O–H groups in total. The van der Waals surface area contributed by atoms with Crippen molar-refractivity contribution in [2.45, 2.75) is 57.5 Å². The summed E-state index contributed by atoms with van der Waals surface area (Å²) in [5.41, 5.74) is 3.69. The molecule has 8 heteroatoms. The Balaban J connectivity index is 1.50. The average Bonchev–Trinajstić information content (AvgIpc) is 2.82. The minimum Gasteiger partial charge on any atom is -0.381 e. The van der Waals surface area contributed by atoms with Crippen molar-refractivity contribution in [2.75, 3.05) is 13.2 Å². The summed E-state index contributed by atoms with van der Waals surface area (Å²) in [4.78, 5) is 51.6. The molecule has 8 nitrogen and oxygen atoms in total. The van der Waals surface area contributed by atoms with Crippen LogP contribution in [0.1, 0.15) is 60.9 Å². The third-order valence-electron chi connectivity index (χ3n) is 6.58. The van der Waals surface area contributed by atoms with Gasteiger partial charge < -0.3 is 10.1 Å². The van der Waals surface area contributed by atoms with E-state index in [1.54, 1.807) is 24.3 Å². The van der Waals surface area contributed by atoms with Gasteiger partial charge in [0.25, 0.3) is 5.91 Å². The predicted molar refractivity (Wildman–Crippen MR) is 112 cm³/mol. The first-order valence-electron chi connectivity index (χ1n) is 11.2. The zero-order valence-electron chi connectivity index (χ0n) is 17.6. The highest BCUT2D eigenvalue weighted by Crippen LogP contribution is 2.26. The lowest BCUT2D eigenvalue weighted by Gasteiger charge is -2.34. The summed E-state index contributed by atoms with van der Waals surface area (Å²) in [6.45, 7) is 1.11. The van der Waals surface area contributed by atoms with Crippen molar-refractivity contribution in [3.63, 3.8) is 0 Å². The molecule has 2 aliphatic heterocycles.